The van der Waals surface area contributed by atoms with Gasteiger partial charge in [-0.25, -0.2) is 0 Å². The highest BCUT2D eigenvalue weighted by atomic mass is 15.2. The Balaban J connectivity index is 1.12. The predicted octanol–water partition coefficient (Wildman–Crippen LogP) is 18.9. The second kappa shape index (κ2) is 16.7. The zero-order valence-corrected chi connectivity index (χ0v) is 52.4. The Morgan fingerprint density at radius 1 is 0.313 bits per heavy atom. The predicted molar refractivity (Wildman–Crippen MR) is 354 cm³/mol. The first-order valence-corrected chi connectivity index (χ1v) is 31.0. The summed E-state index contributed by atoms with van der Waals surface area (Å²) in [7, 11) is 0. The van der Waals surface area contributed by atoms with Crippen molar-refractivity contribution in [2.24, 2.45) is 0 Å². The third kappa shape index (κ3) is 6.86. The molecule has 0 aromatic heterocycles. The summed E-state index contributed by atoms with van der Waals surface area (Å²) in [6.45, 7) is 41.5. The number of nitrogens with zero attached hydrogens (tertiary/aromatic N) is 2. The van der Waals surface area contributed by atoms with Gasteiger partial charge in [-0.1, -0.05) is 212 Å². The highest BCUT2D eigenvalue weighted by Crippen LogP contribution is 2.58. The number of fused-ring (bicyclic) bond motifs is 12. The van der Waals surface area contributed by atoms with Gasteiger partial charge in [0.05, 0.1) is 0 Å². The SMILES string of the molecule is Cc1cc2c(cc1N1c3cc4c(cc3B3c5cc6c(cc5N(c5ccc7c(c5)C(C)(C)c5ccccc5C7(C)C)c5cc(-c7c(C)cccc7C)cc1c53)C(C)(C)c1ccccc1C6(C)C)-c1ccccc1C4(C)C)C(C)(C)CCC2(C)C. The van der Waals surface area contributed by atoms with E-state index in [1.54, 1.807) is 0 Å². The lowest BCUT2D eigenvalue weighted by Crippen LogP contribution is -2.62. The quantitative estimate of drug-likeness (QED) is 0.163. The Hall–Kier alpha value is -7.36. The molecular formula is C80H81BN2. The zero-order valence-electron chi connectivity index (χ0n) is 52.4. The van der Waals surface area contributed by atoms with E-state index in [0.717, 1.165) is 6.42 Å². The van der Waals surface area contributed by atoms with Gasteiger partial charge in [0.1, 0.15) is 0 Å². The molecule has 0 spiro atoms. The van der Waals surface area contributed by atoms with Crippen LogP contribution in [0.4, 0.5) is 34.1 Å². The molecule has 15 rings (SSSR count). The summed E-state index contributed by atoms with van der Waals surface area (Å²) in [5.74, 6) is 0. The van der Waals surface area contributed by atoms with Crippen LogP contribution in [0.3, 0.4) is 0 Å². The number of benzene rings is 9. The number of anilines is 6. The lowest BCUT2D eigenvalue weighted by molar-refractivity contribution is 0.332. The molecule has 0 saturated heterocycles. The minimum absolute atomic E-state index is 0.0128. The van der Waals surface area contributed by atoms with Crippen LogP contribution in [0.5, 0.6) is 0 Å². The second-order valence-electron chi connectivity index (χ2n) is 30.2. The van der Waals surface area contributed by atoms with Crippen LogP contribution in [0, 0.1) is 20.8 Å². The van der Waals surface area contributed by atoms with Crippen molar-refractivity contribution < 1.29 is 0 Å². The first-order valence-electron chi connectivity index (χ1n) is 31.0. The molecule has 4 aliphatic carbocycles. The van der Waals surface area contributed by atoms with E-state index in [1.165, 1.54) is 163 Å². The van der Waals surface area contributed by atoms with Crippen molar-refractivity contribution in [3.63, 3.8) is 0 Å². The normalized spacial score (nSPS) is 19.2. The van der Waals surface area contributed by atoms with Crippen molar-refractivity contribution in [3.8, 4) is 22.3 Å². The van der Waals surface area contributed by atoms with Crippen LogP contribution >= 0.6 is 0 Å². The molecule has 0 bridgehead atoms. The monoisotopic (exact) mass is 1080 g/mol. The number of aryl methyl sites for hydroxylation is 3. The fourth-order valence-corrected chi connectivity index (χ4v) is 17.6. The lowest BCUT2D eigenvalue weighted by Gasteiger charge is -2.49. The van der Waals surface area contributed by atoms with Gasteiger partial charge in [0.15, 0.2) is 0 Å². The van der Waals surface area contributed by atoms with Gasteiger partial charge in [-0.2, -0.15) is 0 Å². The summed E-state index contributed by atoms with van der Waals surface area (Å²) in [6, 6.07) is 63.5. The fourth-order valence-electron chi connectivity index (χ4n) is 17.6. The van der Waals surface area contributed by atoms with Crippen molar-refractivity contribution in [3.05, 3.63) is 241 Å². The maximum Gasteiger partial charge on any atom is 0.252 e. The molecule has 0 N–H and O–H groups in total. The maximum atomic E-state index is 2.77. The maximum absolute atomic E-state index is 2.77. The average molecular weight is 1080 g/mol. The van der Waals surface area contributed by atoms with Crippen molar-refractivity contribution in [2.75, 3.05) is 9.80 Å². The Labute approximate surface area is 496 Å². The minimum Gasteiger partial charge on any atom is -0.311 e. The molecule has 0 atom stereocenters. The zero-order chi connectivity index (χ0) is 58.2. The molecule has 2 nitrogen and oxygen atoms in total. The van der Waals surface area contributed by atoms with Crippen molar-refractivity contribution in [1.29, 1.82) is 0 Å². The van der Waals surface area contributed by atoms with E-state index in [0.29, 0.717) is 0 Å². The molecular weight excluding hydrogens is 1000 g/mol. The Morgan fingerprint density at radius 3 is 1.34 bits per heavy atom. The van der Waals surface area contributed by atoms with Crippen molar-refractivity contribution in [2.45, 2.75) is 168 Å². The molecule has 0 amide bonds. The van der Waals surface area contributed by atoms with Crippen LogP contribution < -0.4 is 26.2 Å². The van der Waals surface area contributed by atoms with Gasteiger partial charge in [0.25, 0.3) is 6.71 Å². The third-order valence-electron chi connectivity index (χ3n) is 22.6. The van der Waals surface area contributed by atoms with Gasteiger partial charge in [0, 0.05) is 61.2 Å². The standard InChI is InChI=1S/C80H81BN2/c1-46-25-24-26-47(2)72(46)49-38-70-73-71(39-49)83(67-44-61-60(37-48(67)3)74(4,5)35-36-75(61,6)7)69-43-59-52(51-27-18-19-28-53(51)76(59,8)9)41-65(69)81(73)66-42-63-64(80(16,17)57-32-23-22-31-56(57)79(63,14)15)45-68(66)82(70)50-33-34-58-62(40-50)78(12,13)55-30-21-20-29-54(55)77(58,10)11/h18-34,37-45H,35-36H2,1-17H3. The molecule has 3 heteroatoms. The average Bonchev–Trinajstić information content (AvgIpc) is 1.34. The van der Waals surface area contributed by atoms with Gasteiger partial charge < -0.3 is 9.80 Å². The van der Waals surface area contributed by atoms with Gasteiger partial charge >= 0.3 is 0 Å². The van der Waals surface area contributed by atoms with Gasteiger partial charge in [-0.3, -0.25) is 0 Å². The Kier molecular flexibility index (Phi) is 10.6. The summed E-state index contributed by atoms with van der Waals surface area (Å²) >= 11 is 0. The van der Waals surface area contributed by atoms with E-state index in [2.05, 4.69) is 285 Å². The Morgan fingerprint density at radius 2 is 0.747 bits per heavy atom. The van der Waals surface area contributed by atoms with Crippen molar-refractivity contribution >= 4 is 57.2 Å². The minimum atomic E-state index is -0.261. The molecule has 9 aromatic rings. The van der Waals surface area contributed by atoms with Gasteiger partial charge in [-0.05, 0) is 209 Å². The molecule has 9 aromatic carbocycles. The molecule has 2 heterocycles. The highest BCUT2D eigenvalue weighted by molar-refractivity contribution is 7.00. The number of hydrogen-bond acceptors (Lipinski definition) is 2. The molecule has 0 fully saturated rings. The number of hydrogen-bond donors (Lipinski definition) is 0. The largest absolute Gasteiger partial charge is 0.311 e. The van der Waals surface area contributed by atoms with E-state index in [9.17, 15) is 0 Å². The van der Waals surface area contributed by atoms with Gasteiger partial charge in [0.2, 0.25) is 0 Å². The highest BCUT2D eigenvalue weighted by Gasteiger charge is 2.51. The summed E-state index contributed by atoms with van der Waals surface area (Å²) < 4.78 is 0. The van der Waals surface area contributed by atoms with E-state index >= 15 is 0 Å². The molecule has 0 unspecified atom stereocenters. The third-order valence-corrected chi connectivity index (χ3v) is 22.6. The summed E-state index contributed by atoms with van der Waals surface area (Å²) in [4.78, 5) is 5.52. The topological polar surface area (TPSA) is 6.48 Å². The molecule has 2 aliphatic heterocycles. The smallest absolute Gasteiger partial charge is 0.252 e. The van der Waals surface area contributed by atoms with E-state index in [-0.39, 0.29) is 44.6 Å². The van der Waals surface area contributed by atoms with E-state index in [4.69, 9.17) is 0 Å². The molecule has 0 radical (unpaired) electrons. The van der Waals surface area contributed by atoms with E-state index in [1.807, 2.05) is 0 Å². The summed E-state index contributed by atoms with van der Waals surface area (Å²) in [6.07, 6.45) is 2.33. The van der Waals surface area contributed by atoms with Crippen molar-refractivity contribution in [1.82, 2.24) is 0 Å². The van der Waals surface area contributed by atoms with Crippen LogP contribution in [0.2, 0.25) is 0 Å². The van der Waals surface area contributed by atoms with Gasteiger partial charge in [-0.15, -0.1) is 0 Å². The second-order valence-corrected chi connectivity index (χ2v) is 30.2. The molecule has 83 heavy (non-hydrogen) atoms. The summed E-state index contributed by atoms with van der Waals surface area (Å²) in [5.41, 5.74) is 36.9. The van der Waals surface area contributed by atoms with Crippen LogP contribution in [0.1, 0.15) is 193 Å². The lowest BCUT2D eigenvalue weighted by atomic mass is 9.32. The molecule has 6 aliphatic rings. The Bertz CT molecular complexity index is 4340. The van der Waals surface area contributed by atoms with Crippen LogP contribution in [-0.2, 0) is 37.9 Å². The summed E-state index contributed by atoms with van der Waals surface area (Å²) in [5, 5.41) is 0. The van der Waals surface area contributed by atoms with Crippen LogP contribution in [-0.4, -0.2) is 6.71 Å². The number of rotatable bonds is 3. The van der Waals surface area contributed by atoms with E-state index < -0.39 is 0 Å². The first kappa shape index (κ1) is 52.4. The molecule has 0 saturated carbocycles. The van der Waals surface area contributed by atoms with Crippen LogP contribution in [0.15, 0.2) is 158 Å². The fraction of sp³-hybridized carbons (Fsp3) is 0.325. The first-order chi connectivity index (χ1) is 39.2. The van der Waals surface area contributed by atoms with Crippen LogP contribution in [0.25, 0.3) is 22.3 Å². The molecule has 414 valence electrons.